The van der Waals surface area contributed by atoms with Gasteiger partial charge in [-0.15, -0.1) is 10.2 Å². The molecule has 0 aliphatic carbocycles. The fourth-order valence-electron chi connectivity index (χ4n) is 2.29. The highest BCUT2D eigenvalue weighted by Crippen LogP contribution is 2.20. The summed E-state index contributed by atoms with van der Waals surface area (Å²) in [6, 6.07) is 14.7. The Morgan fingerprint density at radius 2 is 1.67 bits per heavy atom. The van der Waals surface area contributed by atoms with Gasteiger partial charge in [-0.2, -0.15) is 0 Å². The van der Waals surface area contributed by atoms with Crippen molar-refractivity contribution in [3.8, 4) is 5.75 Å². The van der Waals surface area contributed by atoms with E-state index in [0.717, 1.165) is 16.3 Å². The van der Waals surface area contributed by atoms with Crippen LogP contribution >= 0.6 is 34.5 Å². The standard InChI is InChI=1S/C19H17Cl2N3O2S/c20-14-5-3-13(4-6-14)12-18-23-24-19(27-18)22-17(25)2-1-11-26-16-9-7-15(21)8-10-16/h3-10H,1-2,11-12H2,(H,22,24,25). The fraction of sp³-hybridized carbons (Fsp3) is 0.211. The Morgan fingerprint density at radius 3 is 2.37 bits per heavy atom. The van der Waals surface area contributed by atoms with Crippen molar-refractivity contribution in [2.45, 2.75) is 19.3 Å². The van der Waals surface area contributed by atoms with Gasteiger partial charge in [-0.05, 0) is 48.4 Å². The first-order valence-electron chi connectivity index (χ1n) is 8.33. The second-order valence-electron chi connectivity index (χ2n) is 5.76. The summed E-state index contributed by atoms with van der Waals surface area (Å²) in [7, 11) is 0. The van der Waals surface area contributed by atoms with Crippen molar-refractivity contribution in [1.29, 1.82) is 0 Å². The molecule has 0 saturated carbocycles. The third-order valence-corrected chi connectivity index (χ3v) is 4.95. The van der Waals surface area contributed by atoms with Crippen LogP contribution in [-0.4, -0.2) is 22.7 Å². The number of benzene rings is 2. The minimum absolute atomic E-state index is 0.108. The molecule has 0 bridgehead atoms. The largest absolute Gasteiger partial charge is 0.494 e. The van der Waals surface area contributed by atoms with E-state index in [1.54, 1.807) is 24.3 Å². The monoisotopic (exact) mass is 421 g/mol. The van der Waals surface area contributed by atoms with Crippen LogP contribution in [0.15, 0.2) is 48.5 Å². The van der Waals surface area contributed by atoms with Gasteiger partial charge in [0.25, 0.3) is 0 Å². The number of carbonyl (C=O) groups is 1. The number of anilines is 1. The first kappa shape index (κ1) is 19.6. The molecule has 3 aromatic rings. The molecule has 0 atom stereocenters. The second-order valence-corrected chi connectivity index (χ2v) is 7.69. The van der Waals surface area contributed by atoms with Crippen LogP contribution < -0.4 is 10.1 Å². The van der Waals surface area contributed by atoms with Gasteiger partial charge < -0.3 is 10.1 Å². The van der Waals surface area contributed by atoms with Crippen LogP contribution in [0.3, 0.4) is 0 Å². The summed E-state index contributed by atoms with van der Waals surface area (Å²) in [6.07, 6.45) is 1.60. The molecule has 0 unspecified atom stereocenters. The summed E-state index contributed by atoms with van der Waals surface area (Å²) < 4.78 is 5.57. The Labute approximate surface area is 171 Å². The molecule has 5 nitrogen and oxygen atoms in total. The zero-order valence-corrected chi connectivity index (χ0v) is 16.7. The van der Waals surface area contributed by atoms with Gasteiger partial charge in [-0.3, -0.25) is 4.79 Å². The molecule has 0 fully saturated rings. The molecule has 2 aromatic carbocycles. The Balaban J connectivity index is 1.39. The lowest BCUT2D eigenvalue weighted by atomic mass is 10.2. The lowest BCUT2D eigenvalue weighted by Gasteiger charge is -2.05. The Hall–Kier alpha value is -2.15. The number of halogens is 2. The highest BCUT2D eigenvalue weighted by atomic mass is 35.5. The molecule has 3 rings (SSSR count). The Morgan fingerprint density at radius 1 is 1.00 bits per heavy atom. The number of amides is 1. The summed E-state index contributed by atoms with van der Waals surface area (Å²) >= 11 is 13.1. The molecule has 1 aromatic heterocycles. The van der Waals surface area contributed by atoms with Crippen LogP contribution in [0, 0.1) is 0 Å². The number of hydrogen-bond acceptors (Lipinski definition) is 5. The summed E-state index contributed by atoms with van der Waals surface area (Å²) in [6.45, 7) is 0.451. The molecule has 0 radical (unpaired) electrons. The zero-order valence-electron chi connectivity index (χ0n) is 14.3. The van der Waals surface area contributed by atoms with E-state index in [-0.39, 0.29) is 5.91 Å². The van der Waals surface area contributed by atoms with Gasteiger partial charge in [0, 0.05) is 22.9 Å². The third-order valence-electron chi connectivity index (χ3n) is 3.61. The van der Waals surface area contributed by atoms with E-state index < -0.39 is 0 Å². The van der Waals surface area contributed by atoms with E-state index >= 15 is 0 Å². The molecule has 1 N–H and O–H groups in total. The minimum Gasteiger partial charge on any atom is -0.494 e. The van der Waals surface area contributed by atoms with E-state index in [9.17, 15) is 4.79 Å². The van der Waals surface area contributed by atoms with Gasteiger partial charge in [0.1, 0.15) is 10.8 Å². The topological polar surface area (TPSA) is 64.1 Å². The van der Waals surface area contributed by atoms with Crippen LogP contribution in [-0.2, 0) is 11.2 Å². The average molecular weight is 422 g/mol. The maximum absolute atomic E-state index is 12.0. The maximum atomic E-state index is 12.0. The Bertz CT molecular complexity index is 883. The minimum atomic E-state index is -0.108. The predicted octanol–water partition coefficient (Wildman–Crippen LogP) is 5.23. The van der Waals surface area contributed by atoms with Crippen molar-refractivity contribution < 1.29 is 9.53 Å². The molecule has 140 valence electrons. The summed E-state index contributed by atoms with van der Waals surface area (Å²) in [4.78, 5) is 12.0. The molecule has 27 heavy (non-hydrogen) atoms. The van der Waals surface area contributed by atoms with Crippen molar-refractivity contribution in [2.24, 2.45) is 0 Å². The smallest absolute Gasteiger partial charge is 0.226 e. The SMILES string of the molecule is O=C(CCCOc1ccc(Cl)cc1)Nc1nnc(Cc2ccc(Cl)cc2)s1. The highest BCUT2D eigenvalue weighted by molar-refractivity contribution is 7.15. The first-order valence-corrected chi connectivity index (χ1v) is 9.91. The van der Waals surface area contributed by atoms with Gasteiger partial charge in [0.05, 0.1) is 6.61 Å². The number of nitrogens with one attached hydrogen (secondary N) is 1. The van der Waals surface area contributed by atoms with Gasteiger partial charge in [-0.1, -0.05) is 46.7 Å². The van der Waals surface area contributed by atoms with Crippen LogP contribution in [0.25, 0.3) is 0 Å². The van der Waals surface area contributed by atoms with E-state index in [4.69, 9.17) is 27.9 Å². The van der Waals surface area contributed by atoms with Gasteiger partial charge in [0.2, 0.25) is 11.0 Å². The number of ether oxygens (including phenoxy) is 1. The highest BCUT2D eigenvalue weighted by Gasteiger charge is 2.09. The summed E-state index contributed by atoms with van der Waals surface area (Å²) in [5.41, 5.74) is 1.09. The summed E-state index contributed by atoms with van der Waals surface area (Å²) in [5, 5.41) is 13.6. The fourth-order valence-corrected chi connectivity index (χ4v) is 3.33. The number of nitrogens with zero attached hydrogens (tertiary/aromatic N) is 2. The second kappa shape index (κ2) is 9.69. The van der Waals surface area contributed by atoms with Crippen LogP contribution in [0.2, 0.25) is 10.0 Å². The van der Waals surface area contributed by atoms with Crippen molar-refractivity contribution in [1.82, 2.24) is 10.2 Å². The molecule has 0 aliphatic rings. The molecule has 0 spiro atoms. The van der Waals surface area contributed by atoms with E-state index in [1.165, 1.54) is 11.3 Å². The molecule has 1 heterocycles. The quantitative estimate of drug-likeness (QED) is 0.505. The van der Waals surface area contributed by atoms with Crippen molar-refractivity contribution in [2.75, 3.05) is 11.9 Å². The lowest BCUT2D eigenvalue weighted by Crippen LogP contribution is -2.12. The van der Waals surface area contributed by atoms with Crippen LogP contribution in [0.1, 0.15) is 23.4 Å². The normalized spacial score (nSPS) is 10.6. The van der Waals surface area contributed by atoms with E-state index in [1.807, 2.05) is 24.3 Å². The Kier molecular flexibility index (Phi) is 7.04. The van der Waals surface area contributed by atoms with Crippen molar-refractivity contribution in [3.63, 3.8) is 0 Å². The maximum Gasteiger partial charge on any atom is 0.226 e. The van der Waals surface area contributed by atoms with Gasteiger partial charge in [0.15, 0.2) is 0 Å². The summed E-state index contributed by atoms with van der Waals surface area (Å²) in [5.74, 6) is 0.625. The first-order chi connectivity index (χ1) is 13.1. The van der Waals surface area contributed by atoms with Gasteiger partial charge in [-0.25, -0.2) is 0 Å². The molecule has 1 amide bonds. The van der Waals surface area contributed by atoms with E-state index in [2.05, 4.69) is 15.5 Å². The molecular formula is C19H17Cl2N3O2S. The number of aromatic nitrogens is 2. The zero-order chi connectivity index (χ0) is 19.1. The number of carbonyl (C=O) groups excluding carboxylic acids is 1. The van der Waals surface area contributed by atoms with Crippen LogP contribution in [0.5, 0.6) is 5.75 Å². The van der Waals surface area contributed by atoms with Crippen molar-refractivity contribution >= 4 is 45.6 Å². The van der Waals surface area contributed by atoms with Crippen molar-refractivity contribution in [3.05, 3.63) is 69.1 Å². The molecule has 0 aliphatic heterocycles. The number of rotatable bonds is 8. The lowest BCUT2D eigenvalue weighted by molar-refractivity contribution is -0.116. The van der Waals surface area contributed by atoms with Crippen LogP contribution in [0.4, 0.5) is 5.13 Å². The van der Waals surface area contributed by atoms with Gasteiger partial charge >= 0.3 is 0 Å². The average Bonchev–Trinajstić information content (AvgIpc) is 3.09. The third kappa shape index (κ3) is 6.50. The molecule has 8 heteroatoms. The van der Waals surface area contributed by atoms with E-state index in [0.29, 0.717) is 41.0 Å². The predicted molar refractivity (Wildman–Crippen MR) is 109 cm³/mol. The molecular weight excluding hydrogens is 405 g/mol. The molecule has 0 saturated heterocycles. The number of hydrogen-bond donors (Lipinski definition) is 1.